The predicted octanol–water partition coefficient (Wildman–Crippen LogP) is 3.07. The van der Waals surface area contributed by atoms with Crippen molar-refractivity contribution in [3.63, 3.8) is 0 Å². The second-order valence-corrected chi connectivity index (χ2v) is 5.20. The molecule has 6 heteroatoms. The zero-order valence-electron chi connectivity index (χ0n) is 8.14. The Kier molecular flexibility index (Phi) is 3.92. The summed E-state index contributed by atoms with van der Waals surface area (Å²) in [6, 6.07) is 0. The Bertz CT molecular complexity index is 234. The van der Waals surface area contributed by atoms with Crippen molar-refractivity contribution >= 4 is 17.7 Å². The van der Waals surface area contributed by atoms with Gasteiger partial charge in [0.15, 0.2) is 0 Å². The molecule has 0 aliphatic carbocycles. The average Bonchev–Trinajstić information content (AvgIpc) is 2.51. The first-order chi connectivity index (χ1) is 6.86. The molecule has 0 bridgehead atoms. The first-order valence-corrected chi connectivity index (χ1v) is 5.78. The summed E-state index contributed by atoms with van der Waals surface area (Å²) in [5.74, 6) is -0.231. The molecular formula is C9H13F3O2S. The molecule has 1 saturated heterocycles. The van der Waals surface area contributed by atoms with Crippen LogP contribution in [-0.2, 0) is 4.79 Å². The van der Waals surface area contributed by atoms with Crippen LogP contribution in [0.2, 0.25) is 0 Å². The van der Waals surface area contributed by atoms with E-state index in [0.717, 1.165) is 12.2 Å². The van der Waals surface area contributed by atoms with Gasteiger partial charge in [-0.2, -0.15) is 13.2 Å². The van der Waals surface area contributed by atoms with Gasteiger partial charge in [-0.25, -0.2) is 0 Å². The summed E-state index contributed by atoms with van der Waals surface area (Å²) >= 11 is 1.28. The maximum atomic E-state index is 11.9. The number of carbonyl (C=O) groups is 1. The van der Waals surface area contributed by atoms with Crippen LogP contribution in [0.3, 0.4) is 0 Å². The normalized spacial score (nSPS) is 26.9. The molecule has 0 aromatic rings. The first-order valence-electron chi connectivity index (χ1n) is 4.80. The summed E-state index contributed by atoms with van der Waals surface area (Å²) < 4.78 is 34.8. The van der Waals surface area contributed by atoms with Gasteiger partial charge in [0.05, 0.1) is 0 Å². The molecule has 0 radical (unpaired) electrons. The van der Waals surface area contributed by atoms with E-state index < -0.39 is 23.3 Å². The van der Waals surface area contributed by atoms with E-state index in [1.54, 1.807) is 0 Å². The van der Waals surface area contributed by atoms with Crippen LogP contribution in [0.15, 0.2) is 0 Å². The number of alkyl halides is 3. The number of thioether (sulfide) groups is 1. The Labute approximate surface area is 90.2 Å². The van der Waals surface area contributed by atoms with Gasteiger partial charge in [0.25, 0.3) is 0 Å². The fourth-order valence-corrected chi connectivity index (χ4v) is 3.12. The molecule has 0 aromatic carbocycles. The highest BCUT2D eigenvalue weighted by Gasteiger charge is 2.42. The summed E-state index contributed by atoms with van der Waals surface area (Å²) in [6.07, 6.45) is -3.77. The Morgan fingerprint density at radius 1 is 1.47 bits per heavy atom. The van der Waals surface area contributed by atoms with Crippen molar-refractivity contribution < 1.29 is 23.1 Å². The molecule has 0 aromatic heterocycles. The lowest BCUT2D eigenvalue weighted by atomic mass is 9.96. The topological polar surface area (TPSA) is 37.3 Å². The van der Waals surface area contributed by atoms with Crippen LogP contribution in [0.5, 0.6) is 0 Å². The van der Waals surface area contributed by atoms with E-state index in [2.05, 4.69) is 0 Å². The van der Waals surface area contributed by atoms with E-state index in [-0.39, 0.29) is 12.8 Å². The minimum absolute atomic E-state index is 0.0944. The summed E-state index contributed by atoms with van der Waals surface area (Å²) in [7, 11) is 0. The fourth-order valence-electron chi connectivity index (χ4n) is 1.74. The van der Waals surface area contributed by atoms with Crippen molar-refractivity contribution in [3.05, 3.63) is 0 Å². The number of halogens is 3. The van der Waals surface area contributed by atoms with E-state index in [9.17, 15) is 18.0 Å². The lowest BCUT2D eigenvalue weighted by Gasteiger charge is -2.22. The molecule has 15 heavy (non-hydrogen) atoms. The maximum Gasteiger partial charge on any atom is 0.389 e. The Morgan fingerprint density at radius 2 is 2.13 bits per heavy atom. The molecule has 0 spiro atoms. The van der Waals surface area contributed by atoms with Crippen molar-refractivity contribution in [2.24, 2.45) is 0 Å². The number of hydrogen-bond acceptors (Lipinski definition) is 2. The zero-order valence-corrected chi connectivity index (χ0v) is 8.96. The minimum atomic E-state index is -4.18. The van der Waals surface area contributed by atoms with Crippen LogP contribution in [0.25, 0.3) is 0 Å². The number of rotatable bonds is 4. The average molecular weight is 242 g/mol. The molecule has 1 unspecified atom stereocenters. The number of carboxylic acid groups (broad SMARTS) is 1. The Hall–Kier alpha value is -0.390. The molecule has 0 saturated carbocycles. The van der Waals surface area contributed by atoms with Gasteiger partial charge in [-0.05, 0) is 31.4 Å². The van der Waals surface area contributed by atoms with E-state index in [1.807, 2.05) is 0 Å². The van der Waals surface area contributed by atoms with Gasteiger partial charge in [0.1, 0.15) is 4.75 Å². The minimum Gasteiger partial charge on any atom is -0.480 e. The molecule has 88 valence electrons. The van der Waals surface area contributed by atoms with E-state index >= 15 is 0 Å². The van der Waals surface area contributed by atoms with Gasteiger partial charge in [-0.3, -0.25) is 4.79 Å². The predicted molar refractivity (Wildman–Crippen MR) is 52.0 cm³/mol. The summed E-state index contributed by atoms with van der Waals surface area (Å²) in [5.41, 5.74) is 0. The summed E-state index contributed by atoms with van der Waals surface area (Å²) in [6.45, 7) is 0. The third-order valence-corrected chi connectivity index (χ3v) is 4.16. The number of hydrogen-bond donors (Lipinski definition) is 1. The number of carboxylic acids is 1. The van der Waals surface area contributed by atoms with Crippen molar-refractivity contribution in [1.29, 1.82) is 0 Å². The highest BCUT2D eigenvalue weighted by Crippen LogP contribution is 2.42. The van der Waals surface area contributed by atoms with Crippen molar-refractivity contribution in [3.8, 4) is 0 Å². The molecule has 1 fully saturated rings. The lowest BCUT2D eigenvalue weighted by molar-refractivity contribution is -0.143. The van der Waals surface area contributed by atoms with Crippen LogP contribution in [-0.4, -0.2) is 27.8 Å². The highest BCUT2D eigenvalue weighted by atomic mass is 32.2. The lowest BCUT2D eigenvalue weighted by Crippen LogP contribution is -2.32. The van der Waals surface area contributed by atoms with Crippen molar-refractivity contribution in [1.82, 2.24) is 0 Å². The van der Waals surface area contributed by atoms with Gasteiger partial charge in [-0.15, -0.1) is 11.8 Å². The van der Waals surface area contributed by atoms with Gasteiger partial charge in [0.2, 0.25) is 0 Å². The third-order valence-electron chi connectivity index (χ3n) is 2.53. The summed E-state index contributed by atoms with van der Waals surface area (Å²) in [4.78, 5) is 11.0. The zero-order chi connectivity index (χ0) is 11.5. The molecule has 1 N–H and O–H groups in total. The smallest absolute Gasteiger partial charge is 0.389 e. The van der Waals surface area contributed by atoms with Crippen LogP contribution >= 0.6 is 11.8 Å². The quantitative estimate of drug-likeness (QED) is 0.823. The molecule has 1 aliphatic heterocycles. The van der Waals surface area contributed by atoms with Gasteiger partial charge in [-0.1, -0.05) is 0 Å². The first kappa shape index (κ1) is 12.7. The van der Waals surface area contributed by atoms with Crippen LogP contribution < -0.4 is 0 Å². The Morgan fingerprint density at radius 3 is 2.53 bits per heavy atom. The highest BCUT2D eigenvalue weighted by molar-refractivity contribution is 8.01. The van der Waals surface area contributed by atoms with E-state index in [4.69, 9.17) is 5.11 Å². The van der Waals surface area contributed by atoms with Crippen LogP contribution in [0, 0.1) is 0 Å². The van der Waals surface area contributed by atoms with Crippen LogP contribution in [0.4, 0.5) is 13.2 Å². The summed E-state index contributed by atoms with van der Waals surface area (Å²) in [5, 5.41) is 8.99. The third kappa shape index (κ3) is 3.59. The van der Waals surface area contributed by atoms with Gasteiger partial charge < -0.3 is 5.11 Å². The molecule has 1 aliphatic rings. The van der Waals surface area contributed by atoms with E-state index in [0.29, 0.717) is 6.42 Å². The molecule has 2 nitrogen and oxygen atoms in total. The second-order valence-electron chi connectivity index (χ2n) is 3.72. The standard InChI is InChI=1S/C9H13F3O2S/c10-9(11,12)5-1-3-8(7(13)14)4-2-6-15-8/h1-6H2,(H,13,14). The maximum absolute atomic E-state index is 11.9. The van der Waals surface area contributed by atoms with Crippen molar-refractivity contribution in [2.45, 2.75) is 43.0 Å². The molecule has 0 amide bonds. The molecular weight excluding hydrogens is 229 g/mol. The second kappa shape index (κ2) is 4.63. The van der Waals surface area contributed by atoms with Crippen molar-refractivity contribution in [2.75, 3.05) is 5.75 Å². The largest absolute Gasteiger partial charge is 0.480 e. The monoisotopic (exact) mass is 242 g/mol. The Balaban J connectivity index is 2.43. The van der Waals surface area contributed by atoms with Crippen LogP contribution in [0.1, 0.15) is 32.1 Å². The SMILES string of the molecule is O=C(O)C1(CCCC(F)(F)F)CCCS1. The number of aliphatic carboxylic acids is 1. The van der Waals surface area contributed by atoms with E-state index in [1.165, 1.54) is 11.8 Å². The molecule has 1 heterocycles. The van der Waals surface area contributed by atoms with Gasteiger partial charge in [0, 0.05) is 6.42 Å². The van der Waals surface area contributed by atoms with Gasteiger partial charge >= 0.3 is 12.1 Å². The molecule has 1 atom stereocenters. The fraction of sp³-hybridized carbons (Fsp3) is 0.889. The molecule has 1 rings (SSSR count).